The Kier molecular flexibility index (Phi) is 2.45. The number of rotatable bonds is 2. The van der Waals surface area contributed by atoms with Gasteiger partial charge in [-0.3, -0.25) is 10.1 Å². The molecule has 0 bridgehead atoms. The lowest BCUT2D eigenvalue weighted by Crippen LogP contribution is -2.03. The summed E-state index contributed by atoms with van der Waals surface area (Å²) >= 11 is 0. The molecule has 2 rings (SSSR count). The molecular weight excluding hydrogens is 194 g/mol. The Morgan fingerprint density at radius 3 is 2.80 bits per heavy atom. The van der Waals surface area contributed by atoms with Crippen LogP contribution in [0.15, 0.2) is 30.7 Å². The summed E-state index contributed by atoms with van der Waals surface area (Å²) < 4.78 is 4.63. The van der Waals surface area contributed by atoms with Gasteiger partial charge in [-0.1, -0.05) is 0 Å². The fraction of sp³-hybridized carbons (Fsp3) is 0.100. The molecule has 0 aliphatic heterocycles. The summed E-state index contributed by atoms with van der Waals surface area (Å²) in [4.78, 5) is 15.3. The summed E-state index contributed by atoms with van der Waals surface area (Å²) in [5.74, 6) is -0.431. The average Bonchev–Trinajstić information content (AvgIpc) is 2.78. The number of aromatic nitrogens is 3. The standard InChI is InChI=1S/C10H9N3O2/c1-15-10(14)9-8(6-12-13-9)7-2-4-11-5-3-7/h2-6H,1H3,(H,12,13). The molecule has 2 aromatic heterocycles. The lowest BCUT2D eigenvalue weighted by atomic mass is 10.1. The van der Waals surface area contributed by atoms with Crippen LogP contribution in [-0.4, -0.2) is 28.3 Å². The largest absolute Gasteiger partial charge is 0.464 e. The topological polar surface area (TPSA) is 67.9 Å². The Balaban J connectivity index is 2.46. The molecule has 76 valence electrons. The van der Waals surface area contributed by atoms with Crippen molar-refractivity contribution in [2.75, 3.05) is 7.11 Å². The first-order valence-electron chi connectivity index (χ1n) is 4.35. The smallest absolute Gasteiger partial charge is 0.356 e. The Hall–Kier alpha value is -2.17. The van der Waals surface area contributed by atoms with Gasteiger partial charge in [0.05, 0.1) is 13.3 Å². The van der Waals surface area contributed by atoms with E-state index in [-0.39, 0.29) is 0 Å². The van der Waals surface area contributed by atoms with Gasteiger partial charge in [-0.25, -0.2) is 4.79 Å². The predicted octanol–water partition coefficient (Wildman–Crippen LogP) is 1.26. The lowest BCUT2D eigenvalue weighted by Gasteiger charge is -2.00. The van der Waals surface area contributed by atoms with Crippen molar-refractivity contribution in [3.63, 3.8) is 0 Å². The lowest BCUT2D eigenvalue weighted by molar-refractivity contribution is 0.0595. The van der Waals surface area contributed by atoms with Crippen molar-refractivity contribution in [1.82, 2.24) is 15.2 Å². The number of ether oxygens (including phenoxy) is 1. The van der Waals surface area contributed by atoms with E-state index in [1.807, 2.05) is 0 Å². The van der Waals surface area contributed by atoms with Crippen molar-refractivity contribution in [1.29, 1.82) is 0 Å². The predicted molar refractivity (Wildman–Crippen MR) is 53.2 cm³/mol. The molecule has 0 saturated carbocycles. The van der Waals surface area contributed by atoms with Crippen LogP contribution in [0.4, 0.5) is 0 Å². The van der Waals surface area contributed by atoms with Crippen LogP contribution in [0, 0.1) is 0 Å². The van der Waals surface area contributed by atoms with Crippen molar-refractivity contribution >= 4 is 5.97 Å². The van der Waals surface area contributed by atoms with E-state index < -0.39 is 5.97 Å². The highest BCUT2D eigenvalue weighted by molar-refractivity contribution is 5.94. The molecule has 0 aliphatic rings. The summed E-state index contributed by atoms with van der Waals surface area (Å²) in [5.41, 5.74) is 1.94. The second-order valence-electron chi connectivity index (χ2n) is 2.89. The zero-order valence-corrected chi connectivity index (χ0v) is 8.10. The number of carbonyl (C=O) groups excluding carboxylic acids is 1. The molecule has 0 saturated heterocycles. The van der Waals surface area contributed by atoms with Crippen molar-refractivity contribution in [3.8, 4) is 11.1 Å². The molecule has 0 spiro atoms. The van der Waals surface area contributed by atoms with E-state index in [9.17, 15) is 4.79 Å². The van der Waals surface area contributed by atoms with Crippen molar-refractivity contribution in [3.05, 3.63) is 36.4 Å². The number of carbonyl (C=O) groups is 1. The van der Waals surface area contributed by atoms with Gasteiger partial charge in [0.1, 0.15) is 0 Å². The van der Waals surface area contributed by atoms with E-state index in [4.69, 9.17) is 0 Å². The van der Waals surface area contributed by atoms with Crippen LogP contribution in [0.3, 0.4) is 0 Å². The third-order valence-corrected chi connectivity index (χ3v) is 2.02. The van der Waals surface area contributed by atoms with Gasteiger partial charge in [-0.2, -0.15) is 5.10 Å². The van der Waals surface area contributed by atoms with Crippen molar-refractivity contribution in [2.24, 2.45) is 0 Å². The first-order chi connectivity index (χ1) is 7.33. The summed E-state index contributed by atoms with van der Waals surface area (Å²) in [7, 11) is 1.33. The fourth-order valence-electron chi connectivity index (χ4n) is 1.29. The van der Waals surface area contributed by atoms with Gasteiger partial charge in [0.25, 0.3) is 0 Å². The zero-order valence-electron chi connectivity index (χ0n) is 8.10. The first-order valence-corrected chi connectivity index (χ1v) is 4.35. The maximum Gasteiger partial charge on any atom is 0.356 e. The summed E-state index contributed by atoms with van der Waals surface area (Å²) in [5, 5.41) is 6.43. The number of esters is 1. The Morgan fingerprint density at radius 1 is 1.40 bits per heavy atom. The van der Waals surface area contributed by atoms with Gasteiger partial charge >= 0.3 is 5.97 Å². The van der Waals surface area contributed by atoms with Crippen LogP contribution in [0.2, 0.25) is 0 Å². The van der Waals surface area contributed by atoms with E-state index in [0.29, 0.717) is 11.3 Å². The Bertz CT molecular complexity index is 465. The molecule has 15 heavy (non-hydrogen) atoms. The minimum absolute atomic E-state index is 0.351. The van der Waals surface area contributed by atoms with Crippen LogP contribution < -0.4 is 0 Å². The second kappa shape index (κ2) is 3.91. The zero-order chi connectivity index (χ0) is 10.7. The van der Waals surface area contributed by atoms with E-state index in [1.165, 1.54) is 7.11 Å². The molecule has 1 N–H and O–H groups in total. The molecule has 5 heteroatoms. The van der Waals surface area contributed by atoms with Crippen LogP contribution in [0.5, 0.6) is 0 Å². The van der Waals surface area contributed by atoms with Gasteiger partial charge in [0.2, 0.25) is 0 Å². The monoisotopic (exact) mass is 203 g/mol. The summed E-state index contributed by atoms with van der Waals surface area (Å²) in [6.45, 7) is 0. The number of hydrogen-bond acceptors (Lipinski definition) is 4. The maximum atomic E-state index is 11.4. The van der Waals surface area contributed by atoms with Crippen LogP contribution in [-0.2, 0) is 4.74 Å². The number of nitrogens with zero attached hydrogens (tertiary/aromatic N) is 2. The number of pyridine rings is 1. The van der Waals surface area contributed by atoms with Crippen LogP contribution in [0.25, 0.3) is 11.1 Å². The summed E-state index contributed by atoms with van der Waals surface area (Å²) in [6, 6.07) is 3.61. The Morgan fingerprint density at radius 2 is 2.13 bits per heavy atom. The highest BCUT2D eigenvalue weighted by Crippen LogP contribution is 2.21. The van der Waals surface area contributed by atoms with E-state index in [1.54, 1.807) is 30.7 Å². The third-order valence-electron chi connectivity index (χ3n) is 2.02. The van der Waals surface area contributed by atoms with Gasteiger partial charge in [0, 0.05) is 18.0 Å². The highest BCUT2D eigenvalue weighted by Gasteiger charge is 2.14. The Labute approximate surface area is 86.1 Å². The number of aromatic amines is 1. The van der Waals surface area contributed by atoms with Gasteiger partial charge in [-0.15, -0.1) is 0 Å². The molecule has 5 nitrogen and oxygen atoms in total. The van der Waals surface area contributed by atoms with Crippen LogP contribution in [0.1, 0.15) is 10.5 Å². The maximum absolute atomic E-state index is 11.4. The molecule has 0 radical (unpaired) electrons. The number of hydrogen-bond donors (Lipinski definition) is 1. The first kappa shape index (κ1) is 9.39. The van der Waals surface area contributed by atoms with Gasteiger partial charge < -0.3 is 4.74 Å². The van der Waals surface area contributed by atoms with Gasteiger partial charge in [-0.05, 0) is 17.7 Å². The van der Waals surface area contributed by atoms with Crippen LogP contribution >= 0.6 is 0 Å². The molecule has 0 fully saturated rings. The van der Waals surface area contributed by atoms with Crippen molar-refractivity contribution < 1.29 is 9.53 Å². The molecule has 0 aromatic carbocycles. The fourth-order valence-corrected chi connectivity index (χ4v) is 1.29. The molecular formula is C10H9N3O2. The second-order valence-corrected chi connectivity index (χ2v) is 2.89. The van der Waals surface area contributed by atoms with Crippen molar-refractivity contribution in [2.45, 2.75) is 0 Å². The molecule has 0 atom stereocenters. The SMILES string of the molecule is COC(=O)c1[nH]ncc1-c1ccncc1. The summed E-state index contributed by atoms with van der Waals surface area (Å²) in [6.07, 6.45) is 4.90. The molecule has 2 heterocycles. The normalized spacial score (nSPS) is 9.93. The molecule has 2 aromatic rings. The molecule has 0 amide bonds. The van der Waals surface area contributed by atoms with Gasteiger partial charge in [0.15, 0.2) is 5.69 Å². The third kappa shape index (κ3) is 1.71. The minimum Gasteiger partial charge on any atom is -0.464 e. The average molecular weight is 203 g/mol. The van der Waals surface area contributed by atoms with E-state index >= 15 is 0 Å². The number of methoxy groups -OCH3 is 1. The highest BCUT2D eigenvalue weighted by atomic mass is 16.5. The molecule has 0 aliphatic carbocycles. The van der Waals surface area contributed by atoms with E-state index in [0.717, 1.165) is 5.56 Å². The molecule has 0 unspecified atom stereocenters. The quantitative estimate of drug-likeness (QED) is 0.746. The number of nitrogens with one attached hydrogen (secondary N) is 1. The number of H-pyrrole nitrogens is 1. The van der Waals surface area contributed by atoms with E-state index in [2.05, 4.69) is 19.9 Å². The minimum atomic E-state index is -0.431.